The highest BCUT2D eigenvalue weighted by Crippen LogP contribution is 2.21. The van der Waals surface area contributed by atoms with E-state index in [9.17, 15) is 14.4 Å². The Hall–Kier alpha value is -3.05. The molecule has 0 saturated heterocycles. The third-order valence-corrected chi connectivity index (χ3v) is 4.52. The zero-order chi connectivity index (χ0) is 19.4. The molecule has 0 bridgehead atoms. The Kier molecular flexibility index (Phi) is 5.62. The number of rotatable bonds is 6. The molecule has 0 saturated carbocycles. The number of carbonyl (C=O) groups is 3. The third-order valence-electron chi connectivity index (χ3n) is 3.68. The summed E-state index contributed by atoms with van der Waals surface area (Å²) in [4.78, 5) is 43.3. The Morgan fingerprint density at radius 3 is 2.67 bits per heavy atom. The predicted molar refractivity (Wildman–Crippen MR) is 102 cm³/mol. The lowest BCUT2D eigenvalue weighted by molar-refractivity contribution is -0.118. The first-order chi connectivity index (χ1) is 13.0. The van der Waals surface area contributed by atoms with E-state index in [-0.39, 0.29) is 30.0 Å². The average molecular weight is 388 g/mol. The van der Waals surface area contributed by atoms with Crippen molar-refractivity contribution in [2.24, 2.45) is 26.7 Å². The van der Waals surface area contributed by atoms with Crippen LogP contribution in [0.5, 0.6) is 0 Å². The number of thioether (sulfide) groups is 1. The van der Waals surface area contributed by atoms with Crippen molar-refractivity contribution in [2.75, 3.05) is 24.2 Å². The number of aliphatic hydroxyl groups excluding tert-OH is 1. The number of anilines is 1. The number of aliphatic hydroxyl groups is 1. The summed E-state index contributed by atoms with van der Waals surface area (Å²) in [6, 6.07) is 6.16. The van der Waals surface area contributed by atoms with Crippen LogP contribution in [0.3, 0.4) is 0 Å². The topological polar surface area (TPSA) is 150 Å². The fourth-order valence-corrected chi connectivity index (χ4v) is 3.04. The van der Waals surface area contributed by atoms with Gasteiger partial charge in [0.05, 0.1) is 18.9 Å². The van der Waals surface area contributed by atoms with Crippen molar-refractivity contribution in [1.29, 1.82) is 0 Å². The standard InChI is InChI=1S/C16H16N6O4S/c17-13(25)9-1-3-10(4-2-9)19-12(24)8-27-16-20-14-11(15(26)21-16)7-18-22(14)5-6-23/h1-4,7,11,23H,5-6,8H2,(H2,17,25)(H,19,24). The fourth-order valence-electron chi connectivity index (χ4n) is 2.40. The van der Waals surface area contributed by atoms with Crippen LogP contribution in [0.15, 0.2) is 39.4 Å². The van der Waals surface area contributed by atoms with Crippen LogP contribution in [0.4, 0.5) is 5.69 Å². The quantitative estimate of drug-likeness (QED) is 0.607. The van der Waals surface area contributed by atoms with Gasteiger partial charge >= 0.3 is 0 Å². The van der Waals surface area contributed by atoms with Crippen LogP contribution in [0.25, 0.3) is 0 Å². The zero-order valence-corrected chi connectivity index (χ0v) is 14.8. The fraction of sp³-hybridized carbons (Fsp3) is 0.250. The molecule has 1 aromatic carbocycles. The number of hydrazone groups is 1. The number of benzene rings is 1. The number of hydrogen-bond acceptors (Lipinski definition) is 8. The van der Waals surface area contributed by atoms with Crippen LogP contribution in [-0.2, 0) is 9.59 Å². The summed E-state index contributed by atoms with van der Waals surface area (Å²) in [7, 11) is 0. The third kappa shape index (κ3) is 4.38. The molecule has 1 aromatic rings. The first-order valence-electron chi connectivity index (χ1n) is 7.94. The van der Waals surface area contributed by atoms with Gasteiger partial charge in [0.25, 0.3) is 5.91 Å². The van der Waals surface area contributed by atoms with Gasteiger partial charge in [-0.3, -0.25) is 14.4 Å². The summed E-state index contributed by atoms with van der Waals surface area (Å²) >= 11 is 1.02. The summed E-state index contributed by atoms with van der Waals surface area (Å²) in [5, 5.41) is 17.3. The van der Waals surface area contributed by atoms with Gasteiger partial charge < -0.3 is 16.2 Å². The van der Waals surface area contributed by atoms with Crippen LogP contribution >= 0.6 is 11.8 Å². The minimum Gasteiger partial charge on any atom is -0.394 e. The number of nitrogens with one attached hydrogen (secondary N) is 1. The van der Waals surface area contributed by atoms with E-state index in [0.29, 0.717) is 17.1 Å². The molecule has 27 heavy (non-hydrogen) atoms. The van der Waals surface area contributed by atoms with Crippen LogP contribution in [0, 0.1) is 5.92 Å². The van der Waals surface area contributed by atoms with Gasteiger partial charge in [-0.05, 0) is 24.3 Å². The molecule has 0 radical (unpaired) electrons. The SMILES string of the molecule is NC(=O)c1ccc(NC(=O)CSC2=NC(=O)C3C=NN(CCO)C3=N2)cc1. The van der Waals surface area contributed by atoms with Crippen molar-refractivity contribution in [3.63, 3.8) is 0 Å². The maximum atomic E-state index is 12.1. The number of primary amides is 1. The monoisotopic (exact) mass is 388 g/mol. The number of aliphatic imine (C=N–C) groups is 2. The Morgan fingerprint density at radius 1 is 1.26 bits per heavy atom. The number of carbonyl (C=O) groups excluding carboxylic acids is 3. The highest BCUT2D eigenvalue weighted by atomic mass is 32.2. The minimum absolute atomic E-state index is 0.00795. The summed E-state index contributed by atoms with van der Waals surface area (Å²) in [5.74, 6) is -1.53. The molecule has 2 aliphatic rings. The van der Waals surface area contributed by atoms with Crippen molar-refractivity contribution in [3.8, 4) is 0 Å². The number of nitrogens with two attached hydrogens (primary N) is 1. The normalized spacial score (nSPS) is 18.0. The van der Waals surface area contributed by atoms with Gasteiger partial charge in [0, 0.05) is 17.5 Å². The van der Waals surface area contributed by atoms with E-state index in [1.807, 2.05) is 0 Å². The van der Waals surface area contributed by atoms with Crippen molar-refractivity contribution >= 4 is 52.4 Å². The van der Waals surface area contributed by atoms with Gasteiger partial charge in [-0.15, -0.1) is 0 Å². The first-order valence-corrected chi connectivity index (χ1v) is 8.92. The van der Waals surface area contributed by atoms with E-state index < -0.39 is 17.7 Å². The van der Waals surface area contributed by atoms with Crippen LogP contribution in [0.1, 0.15) is 10.4 Å². The molecule has 4 N–H and O–H groups in total. The lowest BCUT2D eigenvalue weighted by Crippen LogP contribution is -2.35. The Bertz CT molecular complexity index is 864. The van der Waals surface area contributed by atoms with Crippen molar-refractivity contribution in [1.82, 2.24) is 5.01 Å². The van der Waals surface area contributed by atoms with E-state index >= 15 is 0 Å². The zero-order valence-electron chi connectivity index (χ0n) is 14.0. The Balaban J connectivity index is 1.58. The molecular weight excluding hydrogens is 372 g/mol. The van der Waals surface area contributed by atoms with E-state index in [0.717, 1.165) is 11.8 Å². The lowest BCUT2D eigenvalue weighted by atomic mass is 10.1. The van der Waals surface area contributed by atoms with Crippen molar-refractivity contribution in [3.05, 3.63) is 29.8 Å². The molecule has 0 aliphatic carbocycles. The van der Waals surface area contributed by atoms with E-state index in [4.69, 9.17) is 10.8 Å². The summed E-state index contributed by atoms with van der Waals surface area (Å²) in [5.41, 5.74) is 6.02. The molecule has 1 unspecified atom stereocenters. The summed E-state index contributed by atoms with van der Waals surface area (Å²) in [6.45, 7) is 0.0900. The number of hydrogen-bond donors (Lipinski definition) is 3. The molecule has 1 atom stereocenters. The molecule has 0 fully saturated rings. The molecule has 11 heteroatoms. The Labute approximate surface area is 158 Å². The number of amides is 3. The lowest BCUT2D eigenvalue weighted by Gasteiger charge is -2.19. The molecule has 140 valence electrons. The smallest absolute Gasteiger partial charge is 0.264 e. The second-order valence-electron chi connectivity index (χ2n) is 5.57. The number of fused-ring (bicyclic) bond motifs is 1. The number of nitrogens with zero attached hydrogens (tertiary/aromatic N) is 4. The average Bonchev–Trinajstić information content (AvgIpc) is 3.04. The molecule has 2 aliphatic heterocycles. The highest BCUT2D eigenvalue weighted by Gasteiger charge is 2.35. The second kappa shape index (κ2) is 8.10. The van der Waals surface area contributed by atoms with Gasteiger partial charge in [0.2, 0.25) is 11.8 Å². The molecule has 0 aromatic heterocycles. The van der Waals surface area contributed by atoms with Crippen LogP contribution in [0.2, 0.25) is 0 Å². The minimum atomic E-state index is -0.640. The predicted octanol–water partition coefficient (Wildman–Crippen LogP) is -0.338. The molecule has 3 rings (SSSR count). The molecule has 10 nitrogen and oxygen atoms in total. The molecule has 0 spiro atoms. The van der Waals surface area contributed by atoms with Gasteiger partial charge in [0.1, 0.15) is 11.8 Å². The molecule has 3 amide bonds. The number of β-amino-alcohol motifs (C(OH)–C–C–N with tert-alkyl or cyclic N) is 1. The largest absolute Gasteiger partial charge is 0.394 e. The van der Waals surface area contributed by atoms with Gasteiger partial charge in [0.15, 0.2) is 5.17 Å². The van der Waals surface area contributed by atoms with Crippen molar-refractivity contribution in [2.45, 2.75) is 0 Å². The van der Waals surface area contributed by atoms with E-state index in [2.05, 4.69) is 20.4 Å². The van der Waals surface area contributed by atoms with E-state index in [1.54, 1.807) is 12.1 Å². The maximum absolute atomic E-state index is 12.1. The summed E-state index contributed by atoms with van der Waals surface area (Å²) < 4.78 is 0. The van der Waals surface area contributed by atoms with Crippen LogP contribution < -0.4 is 11.1 Å². The second-order valence-corrected chi connectivity index (χ2v) is 6.51. The van der Waals surface area contributed by atoms with Gasteiger partial charge in [-0.1, -0.05) is 11.8 Å². The van der Waals surface area contributed by atoms with E-state index in [1.165, 1.54) is 23.4 Å². The van der Waals surface area contributed by atoms with Crippen LogP contribution in [-0.4, -0.2) is 64.0 Å². The maximum Gasteiger partial charge on any atom is 0.264 e. The van der Waals surface area contributed by atoms with Crippen molar-refractivity contribution < 1.29 is 19.5 Å². The number of amidine groups is 2. The first kappa shape index (κ1) is 18.7. The Morgan fingerprint density at radius 2 is 2.00 bits per heavy atom. The highest BCUT2D eigenvalue weighted by molar-refractivity contribution is 8.14. The van der Waals surface area contributed by atoms with Gasteiger partial charge in [-0.2, -0.15) is 10.1 Å². The molecule has 2 heterocycles. The summed E-state index contributed by atoms with van der Waals surface area (Å²) in [6.07, 6.45) is 1.43. The molecular formula is C16H16N6O4S. The van der Waals surface area contributed by atoms with Gasteiger partial charge in [-0.25, -0.2) is 10.0 Å².